The second-order valence-corrected chi connectivity index (χ2v) is 5.29. The SMILES string of the molecule is CCCNc1nc(Cl)c2c(C)c(C)sc2n1. The van der Waals surface area contributed by atoms with Crippen LogP contribution in [-0.2, 0) is 0 Å². The Bertz CT molecular complexity index is 521. The number of hydrogen-bond acceptors (Lipinski definition) is 4. The first-order valence-corrected chi connectivity index (χ1v) is 6.50. The van der Waals surface area contributed by atoms with E-state index in [0.717, 1.165) is 23.2 Å². The summed E-state index contributed by atoms with van der Waals surface area (Å²) in [5, 5.41) is 4.69. The summed E-state index contributed by atoms with van der Waals surface area (Å²) in [6.45, 7) is 7.11. The Morgan fingerprint density at radius 2 is 2.06 bits per heavy atom. The number of anilines is 1. The highest BCUT2D eigenvalue weighted by Gasteiger charge is 2.12. The monoisotopic (exact) mass is 255 g/mol. The van der Waals surface area contributed by atoms with Gasteiger partial charge in [-0.2, -0.15) is 0 Å². The van der Waals surface area contributed by atoms with E-state index in [1.54, 1.807) is 11.3 Å². The third kappa shape index (κ3) is 1.99. The van der Waals surface area contributed by atoms with Crippen molar-refractivity contribution in [3.63, 3.8) is 0 Å². The highest BCUT2D eigenvalue weighted by molar-refractivity contribution is 7.18. The zero-order valence-electron chi connectivity index (χ0n) is 9.59. The van der Waals surface area contributed by atoms with Gasteiger partial charge in [-0.1, -0.05) is 18.5 Å². The van der Waals surface area contributed by atoms with Gasteiger partial charge in [-0.05, 0) is 25.8 Å². The number of nitrogens with one attached hydrogen (secondary N) is 1. The summed E-state index contributed by atoms with van der Waals surface area (Å²) in [6.07, 6.45) is 1.04. The summed E-state index contributed by atoms with van der Waals surface area (Å²) in [7, 11) is 0. The quantitative estimate of drug-likeness (QED) is 0.848. The van der Waals surface area contributed by atoms with E-state index in [-0.39, 0.29) is 0 Å². The van der Waals surface area contributed by atoms with Crippen molar-refractivity contribution in [2.24, 2.45) is 0 Å². The molecule has 2 heterocycles. The Morgan fingerprint density at radius 3 is 2.75 bits per heavy atom. The number of nitrogens with zero attached hydrogens (tertiary/aromatic N) is 2. The van der Waals surface area contributed by atoms with E-state index in [1.807, 2.05) is 0 Å². The van der Waals surface area contributed by atoms with Crippen molar-refractivity contribution in [2.75, 3.05) is 11.9 Å². The molecule has 0 aliphatic heterocycles. The first kappa shape index (κ1) is 11.6. The van der Waals surface area contributed by atoms with Crippen LogP contribution in [0.2, 0.25) is 5.15 Å². The highest BCUT2D eigenvalue weighted by atomic mass is 35.5. The van der Waals surface area contributed by atoms with E-state index in [1.165, 1.54) is 10.4 Å². The van der Waals surface area contributed by atoms with Crippen LogP contribution in [0.4, 0.5) is 5.95 Å². The molecule has 0 spiro atoms. The molecule has 1 N–H and O–H groups in total. The van der Waals surface area contributed by atoms with Gasteiger partial charge < -0.3 is 5.32 Å². The summed E-state index contributed by atoms with van der Waals surface area (Å²) in [5.41, 5.74) is 1.19. The average molecular weight is 256 g/mol. The van der Waals surface area contributed by atoms with Gasteiger partial charge in [0.1, 0.15) is 9.98 Å². The Labute approximate surface area is 104 Å². The summed E-state index contributed by atoms with van der Waals surface area (Å²) >= 11 is 7.84. The molecule has 0 aliphatic carbocycles. The smallest absolute Gasteiger partial charge is 0.225 e. The Morgan fingerprint density at radius 1 is 1.31 bits per heavy atom. The third-order valence-corrected chi connectivity index (χ3v) is 3.89. The van der Waals surface area contributed by atoms with E-state index in [0.29, 0.717) is 11.1 Å². The lowest BCUT2D eigenvalue weighted by atomic mass is 10.2. The van der Waals surface area contributed by atoms with Crippen LogP contribution in [0.3, 0.4) is 0 Å². The summed E-state index contributed by atoms with van der Waals surface area (Å²) in [5.74, 6) is 0.626. The molecule has 2 aromatic rings. The molecule has 0 saturated carbocycles. The lowest BCUT2D eigenvalue weighted by molar-refractivity contribution is 0.958. The van der Waals surface area contributed by atoms with Crippen molar-refractivity contribution in [3.05, 3.63) is 15.6 Å². The fourth-order valence-electron chi connectivity index (χ4n) is 1.52. The summed E-state index contributed by atoms with van der Waals surface area (Å²) in [4.78, 5) is 10.9. The maximum absolute atomic E-state index is 6.18. The predicted molar refractivity (Wildman–Crippen MR) is 70.7 cm³/mol. The maximum Gasteiger partial charge on any atom is 0.225 e. The van der Waals surface area contributed by atoms with Gasteiger partial charge in [0.05, 0.1) is 5.39 Å². The van der Waals surface area contributed by atoms with Crippen molar-refractivity contribution < 1.29 is 0 Å². The molecule has 0 aliphatic rings. The minimum absolute atomic E-state index is 0.547. The van der Waals surface area contributed by atoms with E-state index < -0.39 is 0 Å². The molecule has 0 bridgehead atoms. The van der Waals surface area contributed by atoms with Crippen molar-refractivity contribution >= 4 is 39.1 Å². The van der Waals surface area contributed by atoms with Gasteiger partial charge in [0.2, 0.25) is 5.95 Å². The molecule has 0 atom stereocenters. The molecule has 0 amide bonds. The zero-order valence-corrected chi connectivity index (χ0v) is 11.2. The largest absolute Gasteiger partial charge is 0.354 e. The van der Waals surface area contributed by atoms with Crippen molar-refractivity contribution in [3.8, 4) is 0 Å². The third-order valence-electron chi connectivity index (χ3n) is 2.52. The molecular weight excluding hydrogens is 242 g/mol. The van der Waals surface area contributed by atoms with Crippen LogP contribution in [0.25, 0.3) is 10.2 Å². The average Bonchev–Trinajstić information content (AvgIpc) is 2.52. The van der Waals surface area contributed by atoms with Gasteiger partial charge >= 0.3 is 0 Å². The van der Waals surface area contributed by atoms with Crippen LogP contribution < -0.4 is 5.32 Å². The molecule has 86 valence electrons. The van der Waals surface area contributed by atoms with E-state index in [2.05, 4.69) is 36.1 Å². The molecule has 0 fully saturated rings. The van der Waals surface area contributed by atoms with Crippen LogP contribution in [0.15, 0.2) is 0 Å². The van der Waals surface area contributed by atoms with Crippen LogP contribution in [0, 0.1) is 13.8 Å². The van der Waals surface area contributed by atoms with E-state index >= 15 is 0 Å². The van der Waals surface area contributed by atoms with Gasteiger partial charge in [0, 0.05) is 11.4 Å². The van der Waals surface area contributed by atoms with Crippen molar-refractivity contribution in [2.45, 2.75) is 27.2 Å². The number of aryl methyl sites for hydroxylation is 2. The molecule has 0 saturated heterocycles. The summed E-state index contributed by atoms with van der Waals surface area (Å²) in [6, 6.07) is 0. The van der Waals surface area contributed by atoms with Crippen molar-refractivity contribution in [1.82, 2.24) is 9.97 Å². The summed E-state index contributed by atoms with van der Waals surface area (Å²) < 4.78 is 0. The molecular formula is C11H14ClN3S. The van der Waals surface area contributed by atoms with Gasteiger partial charge in [-0.15, -0.1) is 11.3 Å². The molecule has 0 aromatic carbocycles. The van der Waals surface area contributed by atoms with E-state index in [9.17, 15) is 0 Å². The highest BCUT2D eigenvalue weighted by Crippen LogP contribution is 2.33. The lowest BCUT2D eigenvalue weighted by Gasteiger charge is -2.03. The number of hydrogen-bond donors (Lipinski definition) is 1. The molecule has 0 unspecified atom stereocenters. The Balaban J connectivity index is 2.51. The standard InChI is InChI=1S/C11H14ClN3S/c1-4-5-13-11-14-9(12)8-6(2)7(3)16-10(8)15-11/h4-5H2,1-3H3,(H,13,14,15). The van der Waals surface area contributed by atoms with Gasteiger partial charge in [0.15, 0.2) is 0 Å². The van der Waals surface area contributed by atoms with Crippen LogP contribution >= 0.6 is 22.9 Å². The second kappa shape index (κ2) is 4.55. The lowest BCUT2D eigenvalue weighted by Crippen LogP contribution is -2.04. The number of fused-ring (bicyclic) bond motifs is 1. The number of thiophene rings is 1. The predicted octanol–water partition coefficient (Wildman–Crippen LogP) is 3.78. The normalized spacial score (nSPS) is 11.0. The zero-order chi connectivity index (χ0) is 11.7. The Hall–Kier alpha value is -0.870. The second-order valence-electron chi connectivity index (χ2n) is 3.73. The fourth-order valence-corrected chi connectivity index (χ4v) is 2.91. The minimum Gasteiger partial charge on any atom is -0.354 e. The van der Waals surface area contributed by atoms with Crippen LogP contribution in [-0.4, -0.2) is 16.5 Å². The fraction of sp³-hybridized carbons (Fsp3) is 0.455. The number of halogens is 1. The Kier molecular flexibility index (Phi) is 3.30. The molecule has 2 aromatic heterocycles. The van der Waals surface area contributed by atoms with Crippen molar-refractivity contribution in [1.29, 1.82) is 0 Å². The maximum atomic E-state index is 6.18. The van der Waals surface area contributed by atoms with Gasteiger partial charge in [0.25, 0.3) is 0 Å². The molecule has 3 nitrogen and oxygen atoms in total. The first-order valence-electron chi connectivity index (χ1n) is 5.30. The molecule has 16 heavy (non-hydrogen) atoms. The van der Waals surface area contributed by atoms with E-state index in [4.69, 9.17) is 11.6 Å². The molecule has 2 rings (SSSR count). The number of aromatic nitrogens is 2. The topological polar surface area (TPSA) is 37.8 Å². The molecule has 0 radical (unpaired) electrons. The van der Waals surface area contributed by atoms with Crippen LogP contribution in [0.1, 0.15) is 23.8 Å². The first-order chi connectivity index (χ1) is 7.63. The molecule has 5 heteroatoms. The van der Waals surface area contributed by atoms with Gasteiger partial charge in [-0.3, -0.25) is 0 Å². The number of rotatable bonds is 3. The minimum atomic E-state index is 0.547. The van der Waals surface area contributed by atoms with Gasteiger partial charge in [-0.25, -0.2) is 9.97 Å². The van der Waals surface area contributed by atoms with Crippen LogP contribution in [0.5, 0.6) is 0 Å².